The zero-order valence-corrected chi connectivity index (χ0v) is 21.2. The number of hydrogen-bond donors (Lipinski definition) is 1. The lowest BCUT2D eigenvalue weighted by molar-refractivity contribution is -0.384. The van der Waals surface area contributed by atoms with Gasteiger partial charge in [0.1, 0.15) is 11.4 Å². The van der Waals surface area contributed by atoms with Gasteiger partial charge in [0, 0.05) is 17.8 Å². The fourth-order valence-corrected chi connectivity index (χ4v) is 4.60. The van der Waals surface area contributed by atoms with E-state index in [-0.39, 0.29) is 29.0 Å². The number of hydrogen-bond acceptors (Lipinski definition) is 7. The highest BCUT2D eigenvalue weighted by Crippen LogP contribution is 2.31. The molecule has 0 saturated carbocycles. The lowest BCUT2D eigenvalue weighted by atomic mass is 10.1. The van der Waals surface area contributed by atoms with Crippen LogP contribution in [0.3, 0.4) is 0 Å². The summed E-state index contributed by atoms with van der Waals surface area (Å²) in [7, 11) is 1.58. The van der Waals surface area contributed by atoms with Gasteiger partial charge in [-0.15, -0.1) is 0 Å². The van der Waals surface area contributed by atoms with Gasteiger partial charge in [0.25, 0.3) is 11.6 Å². The van der Waals surface area contributed by atoms with Crippen LogP contribution < -0.4 is 15.0 Å². The molecule has 3 aromatic carbocycles. The van der Waals surface area contributed by atoms with Gasteiger partial charge in [0.2, 0.25) is 5.91 Å². The molecule has 0 fully saturated rings. The third-order valence-corrected chi connectivity index (χ3v) is 6.33. The maximum Gasteiger partial charge on any atom is 0.283 e. The molecule has 1 N–H and O–H groups in total. The molecule has 1 aliphatic rings. The summed E-state index contributed by atoms with van der Waals surface area (Å²) in [5.74, 6) is -0.0337. The molecule has 10 heteroatoms. The molecule has 0 aliphatic carbocycles. The minimum Gasteiger partial charge on any atom is -0.497 e. The van der Waals surface area contributed by atoms with Crippen molar-refractivity contribution in [3.63, 3.8) is 0 Å². The van der Waals surface area contributed by atoms with Crippen LogP contribution in [0.5, 0.6) is 5.75 Å². The van der Waals surface area contributed by atoms with Crippen LogP contribution in [-0.4, -0.2) is 34.8 Å². The van der Waals surface area contributed by atoms with Crippen LogP contribution in [0, 0.1) is 24.0 Å². The number of amidine groups is 1. The van der Waals surface area contributed by atoms with Gasteiger partial charge in [0.15, 0.2) is 5.17 Å². The summed E-state index contributed by atoms with van der Waals surface area (Å²) >= 11 is 1.11. The number of methoxy groups -OCH3 is 1. The normalized spacial score (nSPS) is 14.0. The van der Waals surface area contributed by atoms with E-state index in [9.17, 15) is 19.7 Å². The number of rotatable bonds is 7. The Morgan fingerprint density at radius 1 is 1.11 bits per heavy atom. The van der Waals surface area contributed by atoms with Crippen molar-refractivity contribution in [3.05, 3.63) is 99.2 Å². The Morgan fingerprint density at radius 3 is 2.46 bits per heavy atom. The number of thioether (sulfide) groups is 1. The number of carbonyl (C=O) groups excluding carboxylic acids is 2. The molecule has 4 rings (SSSR count). The summed E-state index contributed by atoms with van der Waals surface area (Å²) in [4.78, 5) is 42.6. The number of aryl methyl sites for hydroxylation is 2. The summed E-state index contributed by atoms with van der Waals surface area (Å²) < 4.78 is 5.19. The van der Waals surface area contributed by atoms with Crippen LogP contribution in [0.1, 0.15) is 16.7 Å². The van der Waals surface area contributed by atoms with Gasteiger partial charge in [-0.1, -0.05) is 36.0 Å². The van der Waals surface area contributed by atoms with E-state index < -0.39 is 4.92 Å². The fourth-order valence-electron chi connectivity index (χ4n) is 3.78. The van der Waals surface area contributed by atoms with E-state index in [1.165, 1.54) is 23.1 Å². The molecule has 3 aromatic rings. The van der Waals surface area contributed by atoms with Crippen molar-refractivity contribution in [2.75, 3.05) is 23.1 Å². The second-order valence-electron chi connectivity index (χ2n) is 8.33. The van der Waals surface area contributed by atoms with E-state index >= 15 is 0 Å². The molecule has 0 saturated heterocycles. The Morgan fingerprint density at radius 2 is 1.81 bits per heavy atom. The first-order valence-electron chi connectivity index (χ1n) is 11.3. The molecule has 0 radical (unpaired) electrons. The van der Waals surface area contributed by atoms with Crippen molar-refractivity contribution in [1.29, 1.82) is 0 Å². The molecule has 1 aliphatic heterocycles. The van der Waals surface area contributed by atoms with Crippen molar-refractivity contribution in [2.24, 2.45) is 4.99 Å². The molecular formula is C27H24N4O5S. The predicted octanol–water partition coefficient (Wildman–Crippen LogP) is 5.34. The van der Waals surface area contributed by atoms with E-state index in [4.69, 9.17) is 4.74 Å². The number of non-ortho nitro benzene ring substituents is 1. The smallest absolute Gasteiger partial charge is 0.283 e. The Balaban J connectivity index is 1.58. The minimum absolute atomic E-state index is 0.0497. The Bertz CT molecular complexity index is 1410. The number of anilines is 2. The third-order valence-electron chi connectivity index (χ3n) is 5.39. The molecule has 1 heterocycles. The van der Waals surface area contributed by atoms with Gasteiger partial charge in [0.05, 0.1) is 23.5 Å². The number of nitro groups is 1. The number of ether oxygens (including phenoxy) is 1. The first kappa shape index (κ1) is 25.6. The van der Waals surface area contributed by atoms with Gasteiger partial charge < -0.3 is 10.1 Å². The largest absolute Gasteiger partial charge is 0.497 e. The predicted molar refractivity (Wildman–Crippen MR) is 146 cm³/mol. The molecule has 0 unspecified atom stereocenters. The number of nitrogens with one attached hydrogen (secondary N) is 1. The first-order valence-corrected chi connectivity index (χ1v) is 12.3. The molecule has 2 amide bonds. The maximum absolute atomic E-state index is 13.4. The average molecular weight is 517 g/mol. The Labute approximate surface area is 218 Å². The van der Waals surface area contributed by atoms with E-state index in [1.54, 1.807) is 31.4 Å². The average Bonchev–Trinajstić information content (AvgIpc) is 3.17. The van der Waals surface area contributed by atoms with Gasteiger partial charge in [-0.05, 0) is 66.9 Å². The molecule has 0 atom stereocenters. The van der Waals surface area contributed by atoms with E-state index in [1.807, 2.05) is 44.2 Å². The van der Waals surface area contributed by atoms with E-state index in [0.717, 1.165) is 28.5 Å². The second-order valence-corrected chi connectivity index (χ2v) is 9.27. The van der Waals surface area contributed by atoms with Crippen LogP contribution in [0.4, 0.5) is 17.1 Å². The third kappa shape index (κ3) is 6.22. The number of aliphatic imine (C=N–C) groups is 1. The maximum atomic E-state index is 13.4. The van der Waals surface area contributed by atoms with Crippen LogP contribution in [0.2, 0.25) is 0 Å². The molecule has 0 spiro atoms. The quantitative estimate of drug-likeness (QED) is 0.258. The summed E-state index contributed by atoms with van der Waals surface area (Å²) in [6, 6.07) is 18.7. The summed E-state index contributed by atoms with van der Waals surface area (Å²) in [5, 5.41) is 14.0. The molecule has 9 nitrogen and oxygen atoms in total. The topological polar surface area (TPSA) is 114 Å². The number of benzene rings is 3. The number of nitrogens with zero attached hydrogens (tertiary/aromatic N) is 3. The highest BCUT2D eigenvalue weighted by molar-refractivity contribution is 8.14. The standard InChI is InChI=1S/C27H24N4O5S/c1-17-11-18(2)13-22(12-17)30-26(33)24(14-19-7-9-23(36-3)10-8-19)29-27(30)37-16-25(32)28-20-5-4-6-21(15-20)31(34)35/h4-15H,16H2,1-3H3,(H,28,32)/b24-14+. The van der Waals surface area contributed by atoms with Crippen LogP contribution >= 0.6 is 11.8 Å². The fraction of sp³-hybridized carbons (Fsp3) is 0.148. The van der Waals surface area contributed by atoms with Crippen molar-refractivity contribution in [1.82, 2.24) is 0 Å². The Hall–Kier alpha value is -4.44. The van der Waals surface area contributed by atoms with Crippen LogP contribution in [0.25, 0.3) is 6.08 Å². The zero-order valence-electron chi connectivity index (χ0n) is 20.4. The van der Waals surface area contributed by atoms with Gasteiger partial charge in [-0.25, -0.2) is 4.99 Å². The van der Waals surface area contributed by atoms with Crippen LogP contribution in [0.15, 0.2) is 77.4 Å². The van der Waals surface area contributed by atoms with Crippen molar-refractivity contribution in [3.8, 4) is 5.75 Å². The monoisotopic (exact) mass is 516 g/mol. The first-order chi connectivity index (χ1) is 17.7. The van der Waals surface area contributed by atoms with E-state index in [2.05, 4.69) is 10.3 Å². The number of nitro benzene ring substituents is 1. The Kier molecular flexibility index (Phi) is 7.69. The van der Waals surface area contributed by atoms with Crippen molar-refractivity contribution in [2.45, 2.75) is 13.8 Å². The lowest BCUT2D eigenvalue weighted by Gasteiger charge is -2.19. The minimum atomic E-state index is -0.526. The summed E-state index contributed by atoms with van der Waals surface area (Å²) in [6.07, 6.45) is 1.69. The van der Waals surface area contributed by atoms with Gasteiger partial charge in [-0.2, -0.15) is 0 Å². The van der Waals surface area contributed by atoms with Gasteiger partial charge >= 0.3 is 0 Å². The zero-order chi connectivity index (χ0) is 26.5. The number of amides is 2. The second kappa shape index (κ2) is 11.1. The van der Waals surface area contributed by atoms with Crippen LogP contribution in [-0.2, 0) is 9.59 Å². The summed E-state index contributed by atoms with van der Waals surface area (Å²) in [5.41, 5.74) is 3.85. The molecule has 0 bridgehead atoms. The van der Waals surface area contributed by atoms with E-state index in [0.29, 0.717) is 22.3 Å². The molecule has 188 valence electrons. The molecule has 37 heavy (non-hydrogen) atoms. The summed E-state index contributed by atoms with van der Waals surface area (Å²) in [6.45, 7) is 3.89. The lowest BCUT2D eigenvalue weighted by Crippen LogP contribution is -2.31. The number of carbonyl (C=O) groups is 2. The SMILES string of the molecule is COc1ccc(/C=C2/N=C(SCC(=O)Nc3cccc([N+](=O)[O-])c3)N(c3cc(C)cc(C)c3)C2=O)cc1. The van der Waals surface area contributed by atoms with Crippen molar-refractivity contribution >= 4 is 51.9 Å². The highest BCUT2D eigenvalue weighted by atomic mass is 32.2. The molecular weight excluding hydrogens is 492 g/mol. The highest BCUT2D eigenvalue weighted by Gasteiger charge is 2.32. The van der Waals surface area contributed by atoms with Crippen molar-refractivity contribution < 1.29 is 19.2 Å². The van der Waals surface area contributed by atoms with Gasteiger partial charge in [-0.3, -0.25) is 24.6 Å². The molecule has 0 aromatic heterocycles.